The molecule has 0 aliphatic rings. The minimum Gasteiger partial charge on any atom is -0.457 e. The molecule has 0 atom stereocenters. The van der Waals surface area contributed by atoms with Crippen molar-refractivity contribution in [2.75, 3.05) is 5.32 Å². The Labute approximate surface area is 163 Å². The van der Waals surface area contributed by atoms with Crippen molar-refractivity contribution in [3.63, 3.8) is 0 Å². The average Bonchev–Trinajstić information content (AvgIpc) is 3.21. The quantitative estimate of drug-likeness (QED) is 0.511. The van der Waals surface area contributed by atoms with Crippen molar-refractivity contribution in [1.29, 1.82) is 10.5 Å². The number of amides is 1. The van der Waals surface area contributed by atoms with Gasteiger partial charge in [-0.2, -0.15) is 10.5 Å². The fourth-order valence-corrected chi connectivity index (χ4v) is 2.73. The summed E-state index contributed by atoms with van der Waals surface area (Å²) in [6, 6.07) is 21.9. The van der Waals surface area contributed by atoms with E-state index >= 15 is 0 Å². The number of nitriles is 2. The molecule has 3 aromatic rings. The normalized spacial score (nSPS) is 10.8. The third kappa shape index (κ3) is 4.17. The van der Waals surface area contributed by atoms with Gasteiger partial charge in [0, 0.05) is 17.3 Å². The number of hydrogen-bond acceptors (Lipinski definition) is 4. The number of benzene rings is 2. The number of nitrogens with one attached hydrogen (secondary N) is 1. The van der Waals surface area contributed by atoms with E-state index in [0.29, 0.717) is 22.8 Å². The maximum Gasteiger partial charge on any atom is 0.266 e. The first kappa shape index (κ1) is 18.7. The number of carbonyl (C=O) groups excluding carboxylic acids is 1. The molecular weight excluding hydrogens is 350 g/mol. The van der Waals surface area contributed by atoms with Crippen LogP contribution in [0.3, 0.4) is 0 Å². The zero-order valence-electron chi connectivity index (χ0n) is 15.3. The lowest BCUT2D eigenvalue weighted by atomic mass is 10.1. The summed E-state index contributed by atoms with van der Waals surface area (Å²) < 4.78 is 5.73. The highest BCUT2D eigenvalue weighted by Crippen LogP contribution is 2.24. The molecule has 28 heavy (non-hydrogen) atoms. The van der Waals surface area contributed by atoms with Crippen LogP contribution in [0, 0.1) is 22.7 Å². The van der Waals surface area contributed by atoms with Gasteiger partial charge in [-0.1, -0.05) is 25.1 Å². The minimum atomic E-state index is -0.486. The summed E-state index contributed by atoms with van der Waals surface area (Å²) in [5, 5.41) is 21.0. The van der Waals surface area contributed by atoms with E-state index in [2.05, 4.69) is 11.4 Å². The average molecular weight is 367 g/mol. The standard InChI is InChI=1S/C23H17N3O2/c1-2-17-5-3-4-6-21(17)26-23(27)19(15-25)13-20-11-12-22(28-20)18-9-7-16(14-24)8-10-18/h3-13H,2H2,1H3,(H,26,27)/b19-13-. The van der Waals surface area contributed by atoms with Crippen molar-refractivity contribution in [3.05, 3.63) is 83.1 Å². The molecule has 1 heterocycles. The van der Waals surface area contributed by atoms with E-state index in [4.69, 9.17) is 9.68 Å². The number of carbonyl (C=O) groups is 1. The topological polar surface area (TPSA) is 89.8 Å². The Morgan fingerprint density at radius 2 is 1.82 bits per heavy atom. The number of anilines is 1. The number of furan rings is 1. The number of para-hydroxylation sites is 1. The predicted molar refractivity (Wildman–Crippen MR) is 107 cm³/mol. The molecule has 1 amide bonds. The molecule has 3 rings (SSSR count). The van der Waals surface area contributed by atoms with Gasteiger partial charge in [0.05, 0.1) is 11.6 Å². The van der Waals surface area contributed by atoms with Crippen molar-refractivity contribution in [2.45, 2.75) is 13.3 Å². The molecule has 5 nitrogen and oxygen atoms in total. The first-order valence-corrected chi connectivity index (χ1v) is 8.76. The van der Waals surface area contributed by atoms with Gasteiger partial charge in [0.1, 0.15) is 23.2 Å². The van der Waals surface area contributed by atoms with Gasteiger partial charge < -0.3 is 9.73 Å². The molecule has 0 unspecified atom stereocenters. The van der Waals surface area contributed by atoms with E-state index in [9.17, 15) is 10.1 Å². The van der Waals surface area contributed by atoms with E-state index in [0.717, 1.165) is 17.5 Å². The van der Waals surface area contributed by atoms with Crippen LogP contribution in [0.1, 0.15) is 23.8 Å². The fraction of sp³-hybridized carbons (Fsp3) is 0.0870. The van der Waals surface area contributed by atoms with E-state index in [1.165, 1.54) is 6.08 Å². The Hall–Kier alpha value is -4.09. The van der Waals surface area contributed by atoms with E-state index < -0.39 is 5.91 Å². The van der Waals surface area contributed by atoms with Crippen molar-refractivity contribution in [2.24, 2.45) is 0 Å². The van der Waals surface area contributed by atoms with E-state index in [1.54, 1.807) is 36.4 Å². The molecule has 0 fully saturated rings. The first-order chi connectivity index (χ1) is 13.6. The molecule has 0 saturated heterocycles. The van der Waals surface area contributed by atoms with Crippen LogP contribution in [0.15, 0.2) is 70.7 Å². The highest BCUT2D eigenvalue weighted by Gasteiger charge is 2.13. The monoisotopic (exact) mass is 367 g/mol. The van der Waals surface area contributed by atoms with Crippen LogP contribution < -0.4 is 5.32 Å². The number of rotatable bonds is 5. The molecule has 0 aliphatic carbocycles. The maximum absolute atomic E-state index is 12.5. The van der Waals surface area contributed by atoms with Crippen molar-refractivity contribution in [3.8, 4) is 23.5 Å². The molecule has 0 bridgehead atoms. The Balaban J connectivity index is 1.81. The van der Waals surface area contributed by atoms with Gasteiger partial charge in [-0.3, -0.25) is 4.79 Å². The molecule has 1 N–H and O–H groups in total. The van der Waals surface area contributed by atoms with Gasteiger partial charge >= 0.3 is 0 Å². The lowest BCUT2D eigenvalue weighted by Gasteiger charge is -2.08. The molecule has 2 aromatic carbocycles. The highest BCUT2D eigenvalue weighted by molar-refractivity contribution is 6.09. The summed E-state index contributed by atoms with van der Waals surface area (Å²) >= 11 is 0. The zero-order chi connectivity index (χ0) is 19.9. The van der Waals surface area contributed by atoms with Crippen molar-refractivity contribution < 1.29 is 9.21 Å². The Bertz CT molecular complexity index is 1110. The summed E-state index contributed by atoms with van der Waals surface area (Å²) in [6.45, 7) is 2.00. The second kappa shape index (κ2) is 8.53. The lowest BCUT2D eigenvalue weighted by Crippen LogP contribution is -2.14. The van der Waals surface area contributed by atoms with Crippen LogP contribution in [-0.2, 0) is 11.2 Å². The zero-order valence-corrected chi connectivity index (χ0v) is 15.3. The minimum absolute atomic E-state index is 0.0494. The molecule has 136 valence electrons. The molecule has 0 aliphatic heterocycles. The van der Waals surface area contributed by atoms with Crippen LogP contribution in [0.5, 0.6) is 0 Å². The van der Waals surface area contributed by atoms with Crippen LogP contribution in [-0.4, -0.2) is 5.91 Å². The van der Waals surface area contributed by atoms with Gasteiger partial charge in [0.25, 0.3) is 5.91 Å². The largest absolute Gasteiger partial charge is 0.457 e. The summed E-state index contributed by atoms with van der Waals surface area (Å²) in [4.78, 5) is 12.5. The molecule has 5 heteroatoms. The summed E-state index contributed by atoms with van der Waals surface area (Å²) in [6.07, 6.45) is 2.19. The van der Waals surface area contributed by atoms with Gasteiger partial charge in [0.15, 0.2) is 0 Å². The predicted octanol–water partition coefficient (Wildman–Crippen LogP) is 4.93. The Kier molecular flexibility index (Phi) is 5.69. The van der Waals surface area contributed by atoms with Crippen LogP contribution in [0.4, 0.5) is 5.69 Å². The first-order valence-electron chi connectivity index (χ1n) is 8.76. The number of nitrogens with zero attached hydrogens (tertiary/aromatic N) is 2. The van der Waals surface area contributed by atoms with Crippen LogP contribution in [0.25, 0.3) is 17.4 Å². The molecule has 0 radical (unpaired) electrons. The molecule has 0 saturated carbocycles. The molecule has 0 spiro atoms. The lowest BCUT2D eigenvalue weighted by molar-refractivity contribution is -0.112. The molecular formula is C23H17N3O2. The summed E-state index contributed by atoms with van der Waals surface area (Å²) in [7, 11) is 0. The third-order valence-corrected chi connectivity index (χ3v) is 4.22. The SMILES string of the molecule is CCc1ccccc1NC(=O)/C(C#N)=C\c1ccc(-c2ccc(C#N)cc2)o1. The second-order valence-electron chi connectivity index (χ2n) is 6.03. The highest BCUT2D eigenvalue weighted by atomic mass is 16.3. The fourth-order valence-electron chi connectivity index (χ4n) is 2.73. The van der Waals surface area contributed by atoms with Gasteiger partial charge in [-0.25, -0.2) is 0 Å². The van der Waals surface area contributed by atoms with E-state index in [-0.39, 0.29) is 5.57 Å². The summed E-state index contributed by atoms with van der Waals surface area (Å²) in [5.74, 6) is 0.499. The van der Waals surface area contributed by atoms with Crippen molar-refractivity contribution in [1.82, 2.24) is 0 Å². The smallest absolute Gasteiger partial charge is 0.266 e. The maximum atomic E-state index is 12.5. The Morgan fingerprint density at radius 3 is 2.50 bits per heavy atom. The Morgan fingerprint density at radius 1 is 1.07 bits per heavy atom. The van der Waals surface area contributed by atoms with Crippen LogP contribution >= 0.6 is 0 Å². The van der Waals surface area contributed by atoms with Crippen LogP contribution in [0.2, 0.25) is 0 Å². The van der Waals surface area contributed by atoms with E-state index in [1.807, 2.05) is 37.3 Å². The number of aryl methyl sites for hydroxylation is 1. The summed E-state index contributed by atoms with van der Waals surface area (Å²) in [5.41, 5.74) is 3.00. The second-order valence-corrected chi connectivity index (χ2v) is 6.03. The third-order valence-electron chi connectivity index (χ3n) is 4.22. The van der Waals surface area contributed by atoms with Gasteiger partial charge in [0.2, 0.25) is 0 Å². The molecule has 1 aromatic heterocycles. The van der Waals surface area contributed by atoms with Crippen molar-refractivity contribution >= 4 is 17.7 Å². The van der Waals surface area contributed by atoms with Gasteiger partial charge in [-0.15, -0.1) is 0 Å². The van der Waals surface area contributed by atoms with Gasteiger partial charge in [-0.05, 0) is 54.4 Å². The number of hydrogen-bond donors (Lipinski definition) is 1.